The fraction of sp³-hybridized carbons (Fsp3) is 0.280. The zero-order valence-electron chi connectivity index (χ0n) is 19.7. The Morgan fingerprint density at radius 1 is 0.895 bits per heavy atom. The number of imide groups is 1. The minimum absolute atomic E-state index is 0.106. The van der Waals surface area contributed by atoms with Crippen LogP contribution in [0.3, 0.4) is 0 Å². The van der Waals surface area contributed by atoms with E-state index in [0.717, 1.165) is 17.6 Å². The monoisotopic (exact) mass is 970 g/mol. The van der Waals surface area contributed by atoms with E-state index in [1.807, 2.05) is 57.3 Å². The third kappa shape index (κ3) is 8.64. The van der Waals surface area contributed by atoms with Crippen LogP contribution in [0.15, 0.2) is 36.4 Å². The van der Waals surface area contributed by atoms with Crippen LogP contribution < -0.4 is 10.1 Å². The molecule has 1 aliphatic heterocycles. The van der Waals surface area contributed by atoms with Crippen LogP contribution in [0.5, 0.6) is 17.2 Å². The number of carboxylic acids is 1. The van der Waals surface area contributed by atoms with Crippen LogP contribution in [0, 0.1) is 14.3 Å². The van der Waals surface area contributed by atoms with Gasteiger partial charge in [-0.15, -0.1) is 0 Å². The molecule has 0 unspecified atom stereocenters. The molecule has 0 fully saturated rings. The Balaban J connectivity index is 1.54. The molecule has 2 aromatic carbocycles. The molecule has 1 aliphatic rings. The highest BCUT2D eigenvalue weighted by Gasteiger charge is 2.23. The van der Waals surface area contributed by atoms with Crippen molar-refractivity contribution in [1.82, 2.24) is 10.2 Å². The molecule has 1 heterocycles. The number of aliphatic carboxylic acids is 1. The predicted octanol–water partition coefficient (Wildman–Crippen LogP) is 5.20. The second-order valence-electron chi connectivity index (χ2n) is 8.36. The molecular formula is C25H22I4N2O7. The molecule has 0 saturated carbocycles. The van der Waals surface area contributed by atoms with Gasteiger partial charge in [-0.25, -0.2) is 4.79 Å². The van der Waals surface area contributed by atoms with Crippen LogP contribution in [0.1, 0.15) is 31.2 Å². The van der Waals surface area contributed by atoms with Crippen molar-refractivity contribution in [2.45, 2.75) is 38.1 Å². The second-order valence-corrected chi connectivity index (χ2v) is 13.0. The number of aromatic hydroxyl groups is 1. The molecule has 3 rings (SSSR count). The maximum Gasteiger partial charge on any atom is 0.326 e. The van der Waals surface area contributed by atoms with E-state index in [9.17, 15) is 29.4 Å². The highest BCUT2D eigenvalue weighted by molar-refractivity contribution is 14.1. The van der Waals surface area contributed by atoms with Crippen molar-refractivity contribution < 1.29 is 34.1 Å². The van der Waals surface area contributed by atoms with Gasteiger partial charge in [-0.3, -0.25) is 19.3 Å². The van der Waals surface area contributed by atoms with Crippen molar-refractivity contribution in [3.63, 3.8) is 0 Å². The largest absolute Gasteiger partial charge is 0.506 e. The molecule has 0 spiro atoms. The van der Waals surface area contributed by atoms with Gasteiger partial charge < -0.3 is 20.3 Å². The number of nitrogens with one attached hydrogen (secondary N) is 1. The second kappa shape index (κ2) is 14.4. The van der Waals surface area contributed by atoms with Crippen molar-refractivity contribution in [1.29, 1.82) is 0 Å². The number of rotatable bonds is 12. The van der Waals surface area contributed by atoms with E-state index in [1.165, 1.54) is 12.2 Å². The summed E-state index contributed by atoms with van der Waals surface area (Å²) in [7, 11) is 0. The Morgan fingerprint density at radius 3 is 2.03 bits per heavy atom. The number of amides is 3. The highest BCUT2D eigenvalue weighted by Crippen LogP contribution is 2.37. The van der Waals surface area contributed by atoms with Gasteiger partial charge in [-0.1, -0.05) is 6.42 Å². The number of hydrogen-bond donors (Lipinski definition) is 3. The third-order valence-electron chi connectivity index (χ3n) is 5.53. The molecule has 9 nitrogen and oxygen atoms in total. The first-order valence-electron chi connectivity index (χ1n) is 11.4. The summed E-state index contributed by atoms with van der Waals surface area (Å²) in [5.74, 6) is -0.754. The number of phenols is 1. The lowest BCUT2D eigenvalue weighted by atomic mass is 10.1. The van der Waals surface area contributed by atoms with Gasteiger partial charge in [-0.05, 0) is 133 Å². The van der Waals surface area contributed by atoms with Gasteiger partial charge in [-0.2, -0.15) is 0 Å². The summed E-state index contributed by atoms with van der Waals surface area (Å²) >= 11 is 8.32. The van der Waals surface area contributed by atoms with Gasteiger partial charge in [0.25, 0.3) is 11.8 Å². The summed E-state index contributed by atoms with van der Waals surface area (Å²) in [6.07, 6.45) is 4.44. The molecule has 0 radical (unpaired) electrons. The average Bonchev–Trinajstić information content (AvgIpc) is 3.16. The van der Waals surface area contributed by atoms with E-state index >= 15 is 0 Å². The predicted molar refractivity (Wildman–Crippen MR) is 173 cm³/mol. The van der Waals surface area contributed by atoms with E-state index in [0.29, 0.717) is 44.4 Å². The lowest BCUT2D eigenvalue weighted by Crippen LogP contribution is -2.42. The van der Waals surface area contributed by atoms with E-state index in [2.05, 4.69) is 50.5 Å². The number of nitrogens with zero attached hydrogens (tertiary/aromatic N) is 1. The van der Waals surface area contributed by atoms with Gasteiger partial charge in [0.15, 0.2) is 5.75 Å². The van der Waals surface area contributed by atoms with Gasteiger partial charge in [0.1, 0.15) is 17.5 Å². The number of unbranched alkanes of at least 4 members (excludes halogenated alkanes) is 2. The van der Waals surface area contributed by atoms with E-state index in [-0.39, 0.29) is 36.3 Å². The maximum absolute atomic E-state index is 12.4. The average molecular weight is 970 g/mol. The minimum atomic E-state index is -1.13. The first kappa shape index (κ1) is 31.3. The summed E-state index contributed by atoms with van der Waals surface area (Å²) in [6.45, 7) is 0.298. The first-order chi connectivity index (χ1) is 18.0. The summed E-state index contributed by atoms with van der Waals surface area (Å²) in [6, 6.07) is 6.03. The van der Waals surface area contributed by atoms with Crippen LogP contribution >= 0.6 is 90.4 Å². The number of carboxylic acid groups (broad SMARTS) is 1. The Morgan fingerprint density at radius 2 is 1.47 bits per heavy atom. The molecule has 202 valence electrons. The molecule has 2 aromatic rings. The molecule has 0 bridgehead atoms. The van der Waals surface area contributed by atoms with Gasteiger partial charge in [0, 0.05) is 31.5 Å². The Kier molecular flexibility index (Phi) is 11.9. The number of phenolic OH excluding ortho intramolecular Hbond substituents is 1. The van der Waals surface area contributed by atoms with Crippen LogP contribution in [-0.4, -0.2) is 51.4 Å². The van der Waals surface area contributed by atoms with Crippen molar-refractivity contribution >= 4 is 114 Å². The molecular weight excluding hydrogens is 948 g/mol. The SMILES string of the molecule is O=C(CCCCCN1C(=O)C=CC1=O)N[C@@H](Cc1cc(I)c(Oc2cc(I)c(O)c(I)c2)c(I)c1)C(=O)O. The summed E-state index contributed by atoms with van der Waals surface area (Å²) in [4.78, 5) is 48.5. The fourth-order valence-corrected chi connectivity index (χ4v) is 7.46. The molecule has 0 saturated heterocycles. The standard InChI is InChI=1S/C25H22I4N2O7/c26-15-11-14(12-16(27)23(15)35)38-24-17(28)8-13(9-18(24)29)10-19(25(36)37)30-20(32)4-2-1-3-7-31-21(33)5-6-22(31)34/h5-6,8-9,11-12,19,35H,1-4,7,10H2,(H,30,32)(H,36,37)/t19-/m0/s1. The van der Waals surface area contributed by atoms with Crippen LogP contribution in [0.25, 0.3) is 0 Å². The van der Waals surface area contributed by atoms with Gasteiger partial charge >= 0.3 is 5.97 Å². The zero-order chi connectivity index (χ0) is 28.0. The molecule has 13 heteroatoms. The molecule has 1 atom stereocenters. The number of hydrogen-bond acceptors (Lipinski definition) is 6. The lowest BCUT2D eigenvalue weighted by molar-refractivity contribution is -0.141. The van der Waals surface area contributed by atoms with Gasteiger partial charge in [0.05, 0.1) is 14.3 Å². The molecule has 3 amide bonds. The minimum Gasteiger partial charge on any atom is -0.506 e. The maximum atomic E-state index is 12.4. The molecule has 38 heavy (non-hydrogen) atoms. The number of halogens is 4. The Labute approximate surface area is 273 Å². The lowest BCUT2D eigenvalue weighted by Gasteiger charge is -2.17. The van der Waals surface area contributed by atoms with E-state index in [1.54, 1.807) is 12.1 Å². The van der Waals surface area contributed by atoms with Gasteiger partial charge in [0.2, 0.25) is 5.91 Å². The molecule has 3 N–H and O–H groups in total. The Bertz CT molecular complexity index is 1230. The first-order valence-corrected chi connectivity index (χ1v) is 15.7. The van der Waals surface area contributed by atoms with Crippen molar-refractivity contribution in [3.8, 4) is 17.2 Å². The normalized spacial score (nSPS) is 13.6. The van der Waals surface area contributed by atoms with Crippen molar-refractivity contribution in [2.24, 2.45) is 0 Å². The number of ether oxygens (including phenoxy) is 1. The van der Waals surface area contributed by atoms with Crippen LogP contribution in [0.2, 0.25) is 0 Å². The van der Waals surface area contributed by atoms with Crippen molar-refractivity contribution in [2.75, 3.05) is 6.54 Å². The zero-order valence-corrected chi connectivity index (χ0v) is 28.3. The fourth-order valence-electron chi connectivity index (χ4n) is 3.63. The third-order valence-corrected chi connectivity index (χ3v) is 8.77. The number of carbonyl (C=O) groups excluding carboxylic acids is 3. The highest BCUT2D eigenvalue weighted by atomic mass is 127. The summed E-state index contributed by atoms with van der Waals surface area (Å²) < 4.78 is 8.97. The quantitative estimate of drug-likeness (QED) is 0.152. The topological polar surface area (TPSA) is 133 Å². The number of carbonyl (C=O) groups is 4. The number of benzene rings is 2. The Hall–Kier alpha value is -1.22. The summed E-state index contributed by atoms with van der Waals surface area (Å²) in [5.41, 5.74) is 0.738. The van der Waals surface area contributed by atoms with E-state index < -0.39 is 12.0 Å². The summed E-state index contributed by atoms with van der Waals surface area (Å²) in [5, 5.41) is 22.3. The van der Waals surface area contributed by atoms with Crippen molar-refractivity contribution in [3.05, 3.63) is 56.3 Å². The van der Waals surface area contributed by atoms with Crippen LogP contribution in [0.4, 0.5) is 0 Å². The van der Waals surface area contributed by atoms with Crippen LogP contribution in [-0.2, 0) is 25.6 Å². The smallest absolute Gasteiger partial charge is 0.326 e. The molecule has 0 aliphatic carbocycles. The molecule has 0 aromatic heterocycles. The van der Waals surface area contributed by atoms with E-state index in [4.69, 9.17) is 4.74 Å².